The fraction of sp³-hybridized carbons (Fsp3) is 0.750. The van der Waals surface area contributed by atoms with Gasteiger partial charge in [0.15, 0.2) is 0 Å². The molecule has 1 rings (SSSR count). The number of H-pyrrole nitrogens is 1. The second-order valence-electron chi connectivity index (χ2n) is 2.48. The molecule has 0 aliphatic rings. The van der Waals surface area contributed by atoms with E-state index in [0.717, 1.165) is 0 Å². The number of nitrogens with zero attached hydrogens (tertiary/aromatic N) is 3. The van der Waals surface area contributed by atoms with Crippen LogP contribution in [0, 0.1) is 4.77 Å². The summed E-state index contributed by atoms with van der Waals surface area (Å²) >= 11 is 4.76. The molecule has 0 atom stereocenters. The Morgan fingerprint density at radius 2 is 2.31 bits per heavy atom. The Kier molecular flexibility index (Phi) is 3.32. The number of aromatic nitrogens is 4. The zero-order chi connectivity index (χ0) is 9.90. The van der Waals surface area contributed by atoms with Gasteiger partial charge in [0.25, 0.3) is 0 Å². The second-order valence-corrected chi connectivity index (χ2v) is 4.62. The summed E-state index contributed by atoms with van der Waals surface area (Å²) in [5, 5.41) is 9.43. The maximum absolute atomic E-state index is 10.5. The van der Waals surface area contributed by atoms with Crippen molar-refractivity contribution in [2.24, 2.45) is 0 Å². The van der Waals surface area contributed by atoms with Gasteiger partial charge in [-0.15, -0.1) is 0 Å². The van der Waals surface area contributed by atoms with E-state index in [1.54, 1.807) is 0 Å². The molecule has 13 heavy (non-hydrogen) atoms. The van der Waals surface area contributed by atoms with Crippen molar-refractivity contribution in [2.45, 2.75) is 13.0 Å². The van der Waals surface area contributed by atoms with E-state index in [9.17, 15) is 4.57 Å². The normalized spacial score (nSPS) is 11.8. The van der Waals surface area contributed by atoms with Crippen LogP contribution >= 0.6 is 19.8 Å². The van der Waals surface area contributed by atoms with Gasteiger partial charge in [0.1, 0.15) is 0 Å². The van der Waals surface area contributed by atoms with Crippen LogP contribution in [0.2, 0.25) is 0 Å². The molecular formula is C4H9N4O3PS. The Balaban J connectivity index is 2.41. The van der Waals surface area contributed by atoms with Crippen LogP contribution in [0.5, 0.6) is 0 Å². The van der Waals surface area contributed by atoms with Crippen molar-refractivity contribution in [1.29, 1.82) is 0 Å². The van der Waals surface area contributed by atoms with E-state index in [1.807, 2.05) is 0 Å². The van der Waals surface area contributed by atoms with Gasteiger partial charge in [-0.3, -0.25) is 4.57 Å². The van der Waals surface area contributed by atoms with Crippen LogP contribution in [-0.4, -0.2) is 36.2 Å². The van der Waals surface area contributed by atoms with Crippen molar-refractivity contribution in [2.75, 3.05) is 6.16 Å². The van der Waals surface area contributed by atoms with Gasteiger partial charge in [-0.2, -0.15) is 5.21 Å². The number of hydrogen-bond acceptors (Lipinski definition) is 4. The number of hydrogen-bond donors (Lipinski definition) is 3. The number of rotatable bonds is 4. The van der Waals surface area contributed by atoms with Crippen LogP contribution in [0.15, 0.2) is 0 Å². The average Bonchev–Trinajstić information content (AvgIpc) is 2.34. The molecule has 0 amide bonds. The average molecular weight is 224 g/mol. The van der Waals surface area contributed by atoms with Gasteiger partial charge in [-0.1, -0.05) is 10.3 Å². The summed E-state index contributed by atoms with van der Waals surface area (Å²) in [5.41, 5.74) is 0. The van der Waals surface area contributed by atoms with Crippen molar-refractivity contribution < 1.29 is 14.4 Å². The molecule has 0 spiro atoms. The van der Waals surface area contributed by atoms with Crippen LogP contribution < -0.4 is 0 Å². The molecular weight excluding hydrogens is 215 g/mol. The van der Waals surface area contributed by atoms with E-state index in [1.165, 1.54) is 4.68 Å². The topological polar surface area (TPSA) is 104 Å². The molecule has 74 valence electrons. The smallest absolute Gasteiger partial charge is 0.324 e. The number of nitrogens with one attached hydrogen (secondary N) is 1. The van der Waals surface area contributed by atoms with Gasteiger partial charge in [0.05, 0.1) is 6.16 Å². The molecule has 1 heterocycles. The molecule has 0 unspecified atom stereocenters. The molecule has 0 saturated carbocycles. The first-order valence-corrected chi connectivity index (χ1v) is 5.72. The van der Waals surface area contributed by atoms with Crippen molar-refractivity contribution >= 4 is 19.8 Å². The molecule has 0 aliphatic heterocycles. The molecule has 7 nitrogen and oxygen atoms in total. The van der Waals surface area contributed by atoms with E-state index in [4.69, 9.17) is 22.0 Å². The van der Waals surface area contributed by atoms with E-state index in [-0.39, 0.29) is 10.9 Å². The van der Waals surface area contributed by atoms with E-state index >= 15 is 0 Å². The van der Waals surface area contributed by atoms with Gasteiger partial charge in [-0.25, -0.2) is 4.68 Å². The molecule has 0 radical (unpaired) electrons. The first kappa shape index (κ1) is 10.5. The first-order valence-electron chi connectivity index (χ1n) is 3.51. The third-order valence-electron chi connectivity index (χ3n) is 1.36. The molecule has 0 aromatic carbocycles. The lowest BCUT2D eigenvalue weighted by Crippen LogP contribution is -2.02. The van der Waals surface area contributed by atoms with Gasteiger partial charge in [0.2, 0.25) is 4.77 Å². The highest BCUT2D eigenvalue weighted by Gasteiger charge is 2.11. The largest absolute Gasteiger partial charge is 0.325 e. The summed E-state index contributed by atoms with van der Waals surface area (Å²) in [7, 11) is -3.90. The fourth-order valence-corrected chi connectivity index (χ4v) is 1.52. The van der Waals surface area contributed by atoms with Gasteiger partial charge >= 0.3 is 7.60 Å². The van der Waals surface area contributed by atoms with Crippen molar-refractivity contribution in [3.05, 3.63) is 4.77 Å². The molecule has 0 fully saturated rings. The summed E-state index contributed by atoms with van der Waals surface area (Å²) in [4.78, 5) is 17.1. The van der Waals surface area contributed by atoms with Crippen LogP contribution in [0.1, 0.15) is 6.42 Å². The third-order valence-corrected chi connectivity index (χ3v) is 2.56. The van der Waals surface area contributed by atoms with Crippen molar-refractivity contribution in [3.8, 4) is 0 Å². The van der Waals surface area contributed by atoms with Crippen molar-refractivity contribution in [3.63, 3.8) is 0 Å². The first-order chi connectivity index (χ1) is 5.99. The predicted molar refractivity (Wildman–Crippen MR) is 46.7 cm³/mol. The highest BCUT2D eigenvalue weighted by atomic mass is 32.1. The second kappa shape index (κ2) is 4.10. The summed E-state index contributed by atoms with van der Waals surface area (Å²) in [6, 6.07) is 0. The van der Waals surface area contributed by atoms with Gasteiger partial charge in [0, 0.05) is 6.54 Å². The van der Waals surface area contributed by atoms with Crippen LogP contribution in [0.3, 0.4) is 0 Å². The highest BCUT2D eigenvalue weighted by molar-refractivity contribution is 7.71. The zero-order valence-corrected chi connectivity index (χ0v) is 8.33. The zero-order valence-electron chi connectivity index (χ0n) is 6.62. The summed E-state index contributed by atoms with van der Waals surface area (Å²) < 4.78 is 12.2. The minimum absolute atomic E-state index is 0.159. The van der Waals surface area contributed by atoms with Gasteiger partial charge in [-0.05, 0) is 18.6 Å². The maximum atomic E-state index is 10.5. The van der Waals surface area contributed by atoms with Crippen LogP contribution in [0.25, 0.3) is 0 Å². The Bertz CT molecular complexity index is 367. The van der Waals surface area contributed by atoms with E-state index < -0.39 is 7.60 Å². The van der Waals surface area contributed by atoms with E-state index in [0.29, 0.717) is 13.0 Å². The van der Waals surface area contributed by atoms with Gasteiger partial charge < -0.3 is 9.79 Å². The van der Waals surface area contributed by atoms with Crippen LogP contribution in [-0.2, 0) is 11.1 Å². The fourth-order valence-electron chi connectivity index (χ4n) is 0.796. The quantitative estimate of drug-likeness (QED) is 0.487. The highest BCUT2D eigenvalue weighted by Crippen LogP contribution is 2.34. The SMILES string of the molecule is O=P(O)(O)CCCn1[nH]nnc1=S. The van der Waals surface area contributed by atoms with E-state index in [2.05, 4.69) is 15.5 Å². The standard InChI is InChI=1S/C4H9N4O3PS/c9-12(10,11)3-1-2-8-4(13)5-6-7-8/h1-3H2,(H,5,7,13)(H2,9,10,11). The molecule has 0 aliphatic carbocycles. The minimum Gasteiger partial charge on any atom is -0.324 e. The molecule has 9 heteroatoms. The lowest BCUT2D eigenvalue weighted by atomic mass is 10.5. The Morgan fingerprint density at radius 3 is 2.77 bits per heavy atom. The third kappa shape index (κ3) is 3.77. The predicted octanol–water partition coefficient (Wildman–Crippen LogP) is -0.0965. The summed E-state index contributed by atoms with van der Waals surface area (Å²) in [6.07, 6.45) is 0.177. The monoisotopic (exact) mass is 224 g/mol. The molecule has 1 aromatic heterocycles. The molecule has 3 N–H and O–H groups in total. The lowest BCUT2D eigenvalue weighted by molar-refractivity contribution is 0.369. The minimum atomic E-state index is -3.90. The van der Waals surface area contributed by atoms with Crippen molar-refractivity contribution in [1.82, 2.24) is 20.2 Å². The molecule has 1 aromatic rings. The lowest BCUT2D eigenvalue weighted by Gasteiger charge is -2.02. The Morgan fingerprint density at radius 1 is 1.62 bits per heavy atom. The molecule has 0 bridgehead atoms. The van der Waals surface area contributed by atoms with Crippen LogP contribution in [0.4, 0.5) is 0 Å². The number of tetrazole rings is 1. The number of aromatic amines is 1. The maximum Gasteiger partial charge on any atom is 0.325 e. The Labute approximate surface area is 78.9 Å². The number of aryl methyl sites for hydroxylation is 1. The summed E-state index contributed by atoms with van der Waals surface area (Å²) in [6.45, 7) is 0.386. The molecule has 0 saturated heterocycles. The Hall–Kier alpha value is -0.560. The summed E-state index contributed by atoms with van der Waals surface area (Å²) in [5.74, 6) is 0.